The lowest BCUT2D eigenvalue weighted by atomic mass is 10.1. The molecule has 0 radical (unpaired) electrons. The van der Waals surface area contributed by atoms with Crippen molar-refractivity contribution in [3.05, 3.63) is 23.2 Å². The minimum atomic E-state index is -2.86. The van der Waals surface area contributed by atoms with Gasteiger partial charge in [0.2, 0.25) is 0 Å². The molecule has 0 atom stereocenters. The van der Waals surface area contributed by atoms with E-state index in [1.165, 1.54) is 6.07 Å². The van der Waals surface area contributed by atoms with Crippen LogP contribution >= 0.6 is 11.6 Å². The number of nitrogens with one attached hydrogen (secondary N) is 1. The van der Waals surface area contributed by atoms with E-state index >= 15 is 0 Å². The van der Waals surface area contributed by atoms with E-state index in [0.29, 0.717) is 6.04 Å². The number of rotatable bonds is 6. The molecule has 0 saturated heterocycles. The van der Waals surface area contributed by atoms with Crippen molar-refractivity contribution in [3.63, 3.8) is 0 Å². The van der Waals surface area contributed by atoms with Gasteiger partial charge in [-0.25, -0.2) is 0 Å². The first-order valence-corrected chi connectivity index (χ1v) is 5.95. The largest absolute Gasteiger partial charge is 0.433 e. The minimum Gasteiger partial charge on any atom is -0.433 e. The van der Waals surface area contributed by atoms with Gasteiger partial charge in [0.1, 0.15) is 5.75 Å². The molecule has 0 bridgehead atoms. The molecular weight excluding hydrogens is 248 g/mol. The highest BCUT2D eigenvalue weighted by molar-refractivity contribution is 6.32. The Bertz CT molecular complexity index is 356. The van der Waals surface area contributed by atoms with Crippen LogP contribution in [0.25, 0.3) is 0 Å². The number of anilines is 1. The van der Waals surface area contributed by atoms with Gasteiger partial charge in [-0.3, -0.25) is 0 Å². The molecule has 5 heteroatoms. The van der Waals surface area contributed by atoms with E-state index in [-0.39, 0.29) is 10.8 Å². The second-order valence-corrected chi connectivity index (χ2v) is 4.09. The summed E-state index contributed by atoms with van der Waals surface area (Å²) in [6, 6.07) is 5.08. The molecule has 2 nitrogen and oxygen atoms in total. The van der Waals surface area contributed by atoms with E-state index < -0.39 is 6.61 Å². The van der Waals surface area contributed by atoms with Gasteiger partial charge < -0.3 is 10.1 Å². The molecule has 0 aliphatic rings. The number of hydrogen-bond donors (Lipinski definition) is 1. The third-order valence-corrected chi connectivity index (χ3v) is 2.80. The maximum atomic E-state index is 12.0. The molecule has 1 rings (SSSR count). The lowest BCUT2D eigenvalue weighted by Gasteiger charge is -2.17. The van der Waals surface area contributed by atoms with Gasteiger partial charge >= 0.3 is 6.61 Å². The Morgan fingerprint density at radius 3 is 2.41 bits per heavy atom. The van der Waals surface area contributed by atoms with Crippen LogP contribution in [0.15, 0.2) is 18.2 Å². The van der Waals surface area contributed by atoms with Crippen LogP contribution in [0.1, 0.15) is 26.7 Å². The monoisotopic (exact) mass is 263 g/mol. The maximum absolute atomic E-state index is 12.0. The lowest BCUT2D eigenvalue weighted by Crippen LogP contribution is -2.16. The molecule has 0 aliphatic heterocycles. The first-order chi connectivity index (χ1) is 8.06. The molecule has 0 unspecified atom stereocenters. The van der Waals surface area contributed by atoms with Crippen LogP contribution in [-0.4, -0.2) is 12.7 Å². The Labute approximate surface area is 105 Å². The Kier molecular flexibility index (Phi) is 5.48. The summed E-state index contributed by atoms with van der Waals surface area (Å²) in [6.45, 7) is 1.30. The third-order valence-electron chi connectivity index (χ3n) is 2.50. The van der Waals surface area contributed by atoms with E-state index in [9.17, 15) is 8.78 Å². The molecule has 1 aromatic rings. The van der Waals surface area contributed by atoms with Gasteiger partial charge in [-0.15, -0.1) is 0 Å². The predicted octanol–water partition coefficient (Wildman–Crippen LogP) is 4.54. The molecule has 0 saturated carbocycles. The summed E-state index contributed by atoms with van der Waals surface area (Å²) in [7, 11) is 0. The van der Waals surface area contributed by atoms with E-state index in [1.54, 1.807) is 12.1 Å². The number of benzene rings is 1. The first-order valence-electron chi connectivity index (χ1n) is 5.57. The van der Waals surface area contributed by atoms with Crippen molar-refractivity contribution >= 4 is 17.3 Å². The molecule has 1 N–H and O–H groups in total. The van der Waals surface area contributed by atoms with E-state index in [2.05, 4.69) is 23.9 Å². The van der Waals surface area contributed by atoms with Gasteiger partial charge in [0.05, 0.1) is 5.02 Å². The average molecular weight is 264 g/mol. The van der Waals surface area contributed by atoms with Crippen molar-refractivity contribution in [1.29, 1.82) is 0 Å². The van der Waals surface area contributed by atoms with Gasteiger partial charge in [0.25, 0.3) is 0 Å². The zero-order valence-corrected chi connectivity index (χ0v) is 10.6. The maximum Gasteiger partial charge on any atom is 0.387 e. The van der Waals surface area contributed by atoms with Gasteiger partial charge in [-0.05, 0) is 31.0 Å². The molecule has 96 valence electrons. The van der Waals surface area contributed by atoms with Crippen LogP contribution in [-0.2, 0) is 0 Å². The molecule has 17 heavy (non-hydrogen) atoms. The fraction of sp³-hybridized carbons (Fsp3) is 0.500. The second-order valence-electron chi connectivity index (χ2n) is 3.68. The Morgan fingerprint density at radius 1 is 1.29 bits per heavy atom. The molecule has 0 amide bonds. The van der Waals surface area contributed by atoms with Crippen LogP contribution in [0.2, 0.25) is 5.02 Å². The SMILES string of the molecule is CCC(CC)Nc1ccc(OC(F)F)c(Cl)c1. The summed E-state index contributed by atoms with van der Waals surface area (Å²) in [5, 5.41) is 3.45. The normalized spacial score (nSPS) is 11.0. The van der Waals surface area contributed by atoms with Crippen molar-refractivity contribution in [1.82, 2.24) is 0 Å². The lowest BCUT2D eigenvalue weighted by molar-refractivity contribution is -0.0497. The predicted molar refractivity (Wildman–Crippen MR) is 66.1 cm³/mol. The van der Waals surface area contributed by atoms with Gasteiger partial charge in [0, 0.05) is 11.7 Å². The van der Waals surface area contributed by atoms with E-state index in [0.717, 1.165) is 18.5 Å². The minimum absolute atomic E-state index is 0.00300. The smallest absolute Gasteiger partial charge is 0.387 e. The number of hydrogen-bond acceptors (Lipinski definition) is 2. The fourth-order valence-corrected chi connectivity index (χ4v) is 1.74. The van der Waals surface area contributed by atoms with Crippen LogP contribution in [0, 0.1) is 0 Å². The van der Waals surface area contributed by atoms with Crippen LogP contribution < -0.4 is 10.1 Å². The van der Waals surface area contributed by atoms with Crippen molar-refractivity contribution in [2.75, 3.05) is 5.32 Å². The average Bonchev–Trinajstić information content (AvgIpc) is 2.29. The topological polar surface area (TPSA) is 21.3 Å². The van der Waals surface area contributed by atoms with Gasteiger partial charge in [-0.2, -0.15) is 8.78 Å². The second kappa shape index (κ2) is 6.64. The van der Waals surface area contributed by atoms with Crippen molar-refractivity contribution < 1.29 is 13.5 Å². The highest BCUT2D eigenvalue weighted by Crippen LogP contribution is 2.29. The summed E-state index contributed by atoms with van der Waals surface area (Å²) in [5.74, 6) is -0.00300. The molecular formula is C12H16ClF2NO. The van der Waals surface area contributed by atoms with E-state index in [1.807, 2.05) is 0 Å². The van der Waals surface area contributed by atoms with Gasteiger partial charge in [0.15, 0.2) is 0 Å². The Balaban J connectivity index is 2.74. The van der Waals surface area contributed by atoms with Gasteiger partial charge in [-0.1, -0.05) is 25.4 Å². The Hall–Kier alpha value is -1.03. The third kappa shape index (κ3) is 4.38. The molecule has 0 spiro atoms. The summed E-state index contributed by atoms with van der Waals surface area (Å²) < 4.78 is 28.3. The van der Waals surface area contributed by atoms with Crippen LogP contribution in [0.5, 0.6) is 5.75 Å². The quantitative estimate of drug-likeness (QED) is 0.813. The van der Waals surface area contributed by atoms with Crippen LogP contribution in [0.3, 0.4) is 0 Å². The fourth-order valence-electron chi connectivity index (χ4n) is 1.51. The summed E-state index contributed by atoms with van der Waals surface area (Å²) in [5.41, 5.74) is 0.810. The van der Waals surface area contributed by atoms with Crippen molar-refractivity contribution in [3.8, 4) is 5.75 Å². The highest BCUT2D eigenvalue weighted by Gasteiger charge is 2.10. The molecule has 0 heterocycles. The molecule has 1 aromatic carbocycles. The highest BCUT2D eigenvalue weighted by atomic mass is 35.5. The summed E-state index contributed by atoms with van der Waals surface area (Å²) in [6.07, 6.45) is 1.98. The standard InChI is InChI=1S/C12H16ClF2NO/c1-3-8(4-2)16-9-5-6-11(10(13)7-9)17-12(14)15/h5-8,12,16H,3-4H2,1-2H3. The molecule has 0 fully saturated rings. The summed E-state index contributed by atoms with van der Waals surface area (Å²) in [4.78, 5) is 0. The molecule has 0 aromatic heterocycles. The zero-order chi connectivity index (χ0) is 12.8. The number of halogens is 3. The van der Waals surface area contributed by atoms with Crippen molar-refractivity contribution in [2.24, 2.45) is 0 Å². The summed E-state index contributed by atoms with van der Waals surface area (Å²) >= 11 is 5.84. The Morgan fingerprint density at radius 2 is 1.94 bits per heavy atom. The number of ether oxygens (including phenoxy) is 1. The molecule has 0 aliphatic carbocycles. The number of alkyl halides is 2. The first kappa shape index (κ1) is 14.0. The zero-order valence-electron chi connectivity index (χ0n) is 9.84. The van der Waals surface area contributed by atoms with E-state index in [4.69, 9.17) is 11.6 Å². The van der Waals surface area contributed by atoms with Crippen molar-refractivity contribution in [2.45, 2.75) is 39.3 Å². The van der Waals surface area contributed by atoms with Crippen LogP contribution in [0.4, 0.5) is 14.5 Å².